The van der Waals surface area contributed by atoms with E-state index in [2.05, 4.69) is 25.3 Å². The van der Waals surface area contributed by atoms with Gasteiger partial charge in [0.25, 0.3) is 0 Å². The minimum absolute atomic E-state index is 0.0471. The van der Waals surface area contributed by atoms with E-state index in [1.54, 1.807) is 13.0 Å². The molecule has 0 atom stereocenters. The number of anilines is 2. The third-order valence-electron chi connectivity index (χ3n) is 4.82. The zero-order valence-corrected chi connectivity index (χ0v) is 17.5. The number of fused-ring (bicyclic) bond motifs is 1. The molecule has 180 valence electrons. The Labute approximate surface area is 192 Å². The highest BCUT2D eigenvalue weighted by molar-refractivity contribution is 5.90. The molecule has 0 fully saturated rings. The zero-order valence-electron chi connectivity index (χ0n) is 17.5. The van der Waals surface area contributed by atoms with Gasteiger partial charge in [-0.05, 0) is 43.3 Å². The van der Waals surface area contributed by atoms with Gasteiger partial charge in [-0.1, -0.05) is 0 Å². The highest BCUT2D eigenvalue weighted by atomic mass is 19.4. The summed E-state index contributed by atoms with van der Waals surface area (Å²) >= 11 is 0. The van der Waals surface area contributed by atoms with Crippen LogP contribution in [0.4, 0.5) is 37.7 Å². The fourth-order valence-corrected chi connectivity index (χ4v) is 3.23. The Kier molecular flexibility index (Phi) is 5.79. The molecule has 0 radical (unpaired) electrons. The summed E-state index contributed by atoms with van der Waals surface area (Å²) in [5, 5.41) is 11.9. The number of hydrogen-bond donors (Lipinski definition) is 2. The van der Waals surface area contributed by atoms with Crippen molar-refractivity contribution >= 4 is 28.5 Å². The molecule has 0 bridgehead atoms. The lowest BCUT2D eigenvalue weighted by molar-refractivity contribution is -0.138. The predicted molar refractivity (Wildman–Crippen MR) is 112 cm³/mol. The van der Waals surface area contributed by atoms with Gasteiger partial charge in [-0.3, -0.25) is 4.98 Å². The van der Waals surface area contributed by atoms with Crippen molar-refractivity contribution in [3.8, 4) is 11.4 Å². The second-order valence-electron chi connectivity index (χ2n) is 7.36. The van der Waals surface area contributed by atoms with Crippen LogP contribution in [0.3, 0.4) is 0 Å². The summed E-state index contributed by atoms with van der Waals surface area (Å²) in [6, 6.07) is 6.24. The number of alkyl halides is 6. The number of nitrogens with zero attached hydrogens (tertiary/aromatic N) is 4. The Morgan fingerprint density at radius 1 is 0.914 bits per heavy atom. The van der Waals surface area contributed by atoms with Gasteiger partial charge >= 0.3 is 18.3 Å². The van der Waals surface area contributed by atoms with E-state index in [9.17, 15) is 31.1 Å². The smallest absolute Gasteiger partial charge is 0.418 e. The topological polar surface area (TPSA) is 101 Å². The number of nitrogens with one attached hydrogen (secondary N) is 1. The van der Waals surface area contributed by atoms with Crippen LogP contribution < -0.4 is 5.32 Å². The predicted octanol–water partition coefficient (Wildman–Crippen LogP) is 5.87. The fourth-order valence-electron chi connectivity index (χ4n) is 3.23. The first kappa shape index (κ1) is 23.9. The van der Waals surface area contributed by atoms with Gasteiger partial charge in [0.1, 0.15) is 16.9 Å². The average molecular weight is 493 g/mol. The van der Waals surface area contributed by atoms with Crippen LogP contribution in [0.1, 0.15) is 27.2 Å². The summed E-state index contributed by atoms with van der Waals surface area (Å²) in [6.07, 6.45) is -7.61. The number of aromatic nitrogens is 4. The molecular weight excluding hydrogens is 480 g/mol. The van der Waals surface area contributed by atoms with E-state index < -0.39 is 40.7 Å². The van der Waals surface area contributed by atoms with Gasteiger partial charge in [0.15, 0.2) is 5.65 Å². The third kappa shape index (κ3) is 4.98. The van der Waals surface area contributed by atoms with Gasteiger partial charge in [-0.15, -0.1) is 0 Å². The van der Waals surface area contributed by atoms with Crippen LogP contribution in [0.25, 0.3) is 22.6 Å². The number of hydrogen-bond acceptors (Lipinski definition) is 6. The van der Waals surface area contributed by atoms with Gasteiger partial charge < -0.3 is 10.4 Å². The Hall–Kier alpha value is -4.29. The monoisotopic (exact) mass is 493 g/mol. The Morgan fingerprint density at radius 3 is 2.20 bits per heavy atom. The highest BCUT2D eigenvalue weighted by Crippen LogP contribution is 2.36. The van der Waals surface area contributed by atoms with E-state index in [1.165, 1.54) is 12.1 Å². The van der Waals surface area contributed by atoms with E-state index >= 15 is 0 Å². The van der Waals surface area contributed by atoms with E-state index in [4.69, 9.17) is 5.11 Å². The Bertz CT molecular complexity index is 1440. The van der Waals surface area contributed by atoms with Crippen LogP contribution in [0, 0.1) is 6.92 Å². The third-order valence-corrected chi connectivity index (χ3v) is 4.82. The minimum Gasteiger partial charge on any atom is -0.478 e. The number of carboxylic acid groups (broad SMARTS) is 1. The van der Waals surface area contributed by atoms with Crippen molar-refractivity contribution in [2.24, 2.45) is 0 Å². The number of pyridine rings is 2. The number of halogens is 6. The van der Waals surface area contributed by atoms with Crippen LogP contribution in [-0.4, -0.2) is 31.0 Å². The average Bonchev–Trinajstić information content (AvgIpc) is 2.77. The van der Waals surface area contributed by atoms with Crippen LogP contribution in [-0.2, 0) is 12.4 Å². The molecule has 0 amide bonds. The molecule has 0 aliphatic heterocycles. The summed E-state index contributed by atoms with van der Waals surface area (Å²) in [6.45, 7) is 1.59. The number of aromatic carboxylic acids is 1. The molecule has 35 heavy (non-hydrogen) atoms. The number of carbonyl (C=O) groups is 1. The molecule has 0 saturated carbocycles. The van der Waals surface area contributed by atoms with Gasteiger partial charge in [0, 0.05) is 17.6 Å². The maximum Gasteiger partial charge on any atom is 0.418 e. The van der Waals surface area contributed by atoms with Crippen molar-refractivity contribution in [2.75, 3.05) is 5.32 Å². The second-order valence-corrected chi connectivity index (χ2v) is 7.36. The van der Waals surface area contributed by atoms with Crippen molar-refractivity contribution in [1.82, 2.24) is 19.9 Å². The first-order valence-corrected chi connectivity index (χ1v) is 9.72. The standard InChI is InChI=1S/C22H13F6N5O2/c1-10-6-15(32-13-4-2-12(3-5-13)21(23,24)25)18-19(31-10)33-16(9-30-18)17-14(22(26,27)28)7-11(8-29-17)20(34)35/h2-9H,1H3,(H,34,35)(H,31,32,33). The quantitative estimate of drug-likeness (QED) is 0.343. The van der Waals surface area contributed by atoms with Crippen molar-refractivity contribution in [1.29, 1.82) is 0 Å². The molecule has 7 nitrogen and oxygen atoms in total. The Balaban J connectivity index is 1.77. The van der Waals surface area contributed by atoms with Gasteiger partial charge in [0.2, 0.25) is 0 Å². The van der Waals surface area contributed by atoms with Crippen LogP contribution in [0.15, 0.2) is 48.8 Å². The molecular formula is C22H13F6N5O2. The molecule has 0 aliphatic carbocycles. The Morgan fingerprint density at radius 2 is 1.60 bits per heavy atom. The van der Waals surface area contributed by atoms with E-state index in [0.29, 0.717) is 23.1 Å². The molecule has 0 aliphatic rings. The van der Waals surface area contributed by atoms with Crippen LogP contribution in [0.5, 0.6) is 0 Å². The maximum absolute atomic E-state index is 13.6. The second kappa shape index (κ2) is 8.49. The number of aryl methyl sites for hydroxylation is 1. The largest absolute Gasteiger partial charge is 0.478 e. The lowest BCUT2D eigenvalue weighted by Crippen LogP contribution is -2.12. The van der Waals surface area contributed by atoms with Gasteiger partial charge in [-0.2, -0.15) is 26.3 Å². The SMILES string of the molecule is Cc1cc(Nc2ccc(C(F)(F)F)cc2)c2ncc(-c3ncc(C(=O)O)cc3C(F)(F)F)nc2n1. The number of rotatable bonds is 4. The molecule has 0 saturated heterocycles. The molecule has 3 heterocycles. The molecule has 2 N–H and O–H groups in total. The summed E-state index contributed by atoms with van der Waals surface area (Å²) in [4.78, 5) is 27.2. The van der Waals surface area contributed by atoms with E-state index in [-0.39, 0.29) is 16.9 Å². The van der Waals surface area contributed by atoms with Gasteiger partial charge in [0.05, 0.1) is 28.6 Å². The summed E-state index contributed by atoms with van der Waals surface area (Å²) < 4.78 is 79.2. The molecule has 0 spiro atoms. The normalized spacial score (nSPS) is 12.1. The fraction of sp³-hybridized carbons (Fsp3) is 0.136. The summed E-state index contributed by atoms with van der Waals surface area (Å²) in [5.41, 5.74) is -2.57. The molecule has 0 unspecified atom stereocenters. The number of carboxylic acids is 1. The lowest BCUT2D eigenvalue weighted by atomic mass is 10.1. The van der Waals surface area contributed by atoms with Crippen molar-refractivity contribution in [3.05, 3.63) is 71.2 Å². The lowest BCUT2D eigenvalue weighted by Gasteiger charge is -2.14. The first-order chi connectivity index (χ1) is 16.3. The minimum atomic E-state index is -4.92. The van der Waals surface area contributed by atoms with Crippen molar-refractivity contribution < 1.29 is 36.2 Å². The first-order valence-electron chi connectivity index (χ1n) is 9.72. The van der Waals surface area contributed by atoms with Crippen molar-refractivity contribution in [2.45, 2.75) is 19.3 Å². The maximum atomic E-state index is 13.6. The molecule has 4 rings (SSSR count). The summed E-state index contributed by atoms with van der Waals surface area (Å²) in [7, 11) is 0. The van der Waals surface area contributed by atoms with Crippen LogP contribution >= 0.6 is 0 Å². The number of benzene rings is 1. The van der Waals surface area contributed by atoms with E-state index in [0.717, 1.165) is 24.5 Å². The summed E-state index contributed by atoms with van der Waals surface area (Å²) in [5.74, 6) is -1.57. The van der Waals surface area contributed by atoms with Crippen molar-refractivity contribution in [3.63, 3.8) is 0 Å². The van der Waals surface area contributed by atoms with Crippen LogP contribution in [0.2, 0.25) is 0 Å². The molecule has 13 heteroatoms. The van der Waals surface area contributed by atoms with E-state index in [1.807, 2.05) is 0 Å². The molecule has 1 aromatic carbocycles. The highest BCUT2D eigenvalue weighted by Gasteiger charge is 2.36. The molecule has 3 aromatic heterocycles. The van der Waals surface area contributed by atoms with Gasteiger partial charge in [-0.25, -0.2) is 19.7 Å². The zero-order chi connectivity index (χ0) is 25.5. The molecule has 4 aromatic rings.